The Labute approximate surface area is 56.5 Å². The van der Waals surface area contributed by atoms with Crippen LogP contribution >= 0.6 is 0 Å². The third-order valence-corrected chi connectivity index (χ3v) is 0.833. The quantitative estimate of drug-likeness (QED) is 0.415. The Hall–Kier alpha value is -0.500. The molecule has 54 valence electrons. The maximum Gasteiger partial charge on any atom is 0.111 e. The first-order valence-corrected chi connectivity index (χ1v) is 3.17. The van der Waals surface area contributed by atoms with Crippen molar-refractivity contribution in [2.45, 2.75) is 13.3 Å². The molecular weight excluding hydrogens is 116 g/mol. The predicted octanol–water partition coefficient (Wildman–Crippen LogP) is 1.57. The summed E-state index contributed by atoms with van der Waals surface area (Å²) in [5.41, 5.74) is 0. The van der Waals surface area contributed by atoms with Crippen molar-refractivity contribution in [1.82, 2.24) is 0 Å². The molecule has 0 saturated carbocycles. The Morgan fingerprint density at radius 1 is 1.33 bits per heavy atom. The Morgan fingerprint density at radius 3 is 2.67 bits per heavy atom. The minimum absolute atomic E-state index is 0.646. The maximum absolute atomic E-state index is 5.01. The topological polar surface area (TPSA) is 18.5 Å². The largest absolute Gasteiger partial charge is 0.499 e. The van der Waals surface area contributed by atoms with E-state index in [0.717, 1.165) is 6.42 Å². The molecule has 0 aromatic rings. The van der Waals surface area contributed by atoms with Crippen molar-refractivity contribution in [3.63, 3.8) is 0 Å². The summed E-state index contributed by atoms with van der Waals surface area (Å²) in [6.07, 6.45) is 4.70. The van der Waals surface area contributed by atoms with Gasteiger partial charge >= 0.3 is 0 Å². The molecule has 0 aliphatic carbocycles. The molecule has 2 heteroatoms. The monoisotopic (exact) mass is 130 g/mol. The van der Waals surface area contributed by atoms with Crippen LogP contribution in [-0.2, 0) is 9.47 Å². The first-order chi connectivity index (χ1) is 4.41. The fourth-order valence-electron chi connectivity index (χ4n) is 0.364. The number of rotatable bonds is 5. The molecule has 0 saturated heterocycles. The normalized spacial score (nSPS) is 10.4. The molecule has 9 heavy (non-hydrogen) atoms. The van der Waals surface area contributed by atoms with Crippen LogP contribution in [0.15, 0.2) is 12.3 Å². The molecule has 2 nitrogen and oxygen atoms in total. The summed E-state index contributed by atoms with van der Waals surface area (Å²) in [5.74, 6) is 0. The molecule has 0 amide bonds. The van der Waals surface area contributed by atoms with E-state index in [4.69, 9.17) is 9.47 Å². The Balaban J connectivity index is 2.82. The molecular formula is C7H14O2. The van der Waals surface area contributed by atoms with E-state index in [2.05, 4.69) is 6.92 Å². The zero-order chi connectivity index (χ0) is 6.95. The zero-order valence-corrected chi connectivity index (χ0v) is 6.09. The smallest absolute Gasteiger partial charge is 0.111 e. The molecule has 0 aliphatic heterocycles. The lowest BCUT2D eigenvalue weighted by Crippen LogP contribution is -1.96. The van der Waals surface area contributed by atoms with E-state index >= 15 is 0 Å². The second-order valence-electron chi connectivity index (χ2n) is 1.64. The number of hydrogen-bond acceptors (Lipinski definition) is 2. The zero-order valence-electron chi connectivity index (χ0n) is 6.09. The second kappa shape index (κ2) is 7.50. The van der Waals surface area contributed by atoms with E-state index in [1.165, 1.54) is 0 Å². The fourth-order valence-corrected chi connectivity index (χ4v) is 0.364. The van der Waals surface area contributed by atoms with E-state index in [9.17, 15) is 0 Å². The van der Waals surface area contributed by atoms with Gasteiger partial charge in [-0.1, -0.05) is 13.0 Å². The summed E-state index contributed by atoms with van der Waals surface area (Å²) in [4.78, 5) is 0. The molecule has 0 N–H and O–H groups in total. The van der Waals surface area contributed by atoms with Crippen molar-refractivity contribution in [3.05, 3.63) is 12.3 Å². The van der Waals surface area contributed by atoms with Crippen LogP contribution in [0.25, 0.3) is 0 Å². The Bertz CT molecular complexity index is 69.3. The van der Waals surface area contributed by atoms with Crippen LogP contribution in [0.4, 0.5) is 0 Å². The van der Waals surface area contributed by atoms with Crippen molar-refractivity contribution in [3.8, 4) is 0 Å². The number of methoxy groups -OCH3 is 1. The summed E-state index contributed by atoms with van der Waals surface area (Å²) in [7, 11) is 1.66. The van der Waals surface area contributed by atoms with Crippen LogP contribution in [-0.4, -0.2) is 20.3 Å². The van der Waals surface area contributed by atoms with Gasteiger partial charge in [-0.25, -0.2) is 0 Å². The molecule has 0 rings (SSSR count). The van der Waals surface area contributed by atoms with Gasteiger partial charge in [-0.15, -0.1) is 0 Å². The fraction of sp³-hybridized carbons (Fsp3) is 0.714. The molecule has 0 radical (unpaired) electrons. The molecule has 0 bridgehead atoms. The van der Waals surface area contributed by atoms with Crippen LogP contribution in [0.3, 0.4) is 0 Å². The molecule has 0 heterocycles. The van der Waals surface area contributed by atoms with E-state index < -0.39 is 0 Å². The van der Waals surface area contributed by atoms with E-state index in [1.54, 1.807) is 13.4 Å². The molecule has 0 aliphatic rings. The maximum atomic E-state index is 5.01. The molecule has 0 aromatic heterocycles. The molecule has 0 fully saturated rings. The average molecular weight is 130 g/mol. The molecule has 0 unspecified atom stereocenters. The van der Waals surface area contributed by atoms with Crippen molar-refractivity contribution in [2.75, 3.05) is 20.3 Å². The molecule has 0 spiro atoms. The van der Waals surface area contributed by atoms with Crippen LogP contribution < -0.4 is 0 Å². The van der Waals surface area contributed by atoms with Gasteiger partial charge in [-0.3, -0.25) is 0 Å². The lowest BCUT2D eigenvalue weighted by molar-refractivity contribution is 0.123. The number of hydrogen-bond donors (Lipinski definition) is 0. The summed E-state index contributed by atoms with van der Waals surface area (Å²) in [6.45, 7) is 3.37. The van der Waals surface area contributed by atoms with Crippen molar-refractivity contribution in [1.29, 1.82) is 0 Å². The van der Waals surface area contributed by atoms with E-state index in [0.29, 0.717) is 13.2 Å². The van der Waals surface area contributed by atoms with Gasteiger partial charge in [-0.2, -0.15) is 0 Å². The van der Waals surface area contributed by atoms with Gasteiger partial charge in [0.1, 0.15) is 6.61 Å². The van der Waals surface area contributed by atoms with Gasteiger partial charge in [0.2, 0.25) is 0 Å². The highest BCUT2D eigenvalue weighted by molar-refractivity contribution is 4.70. The van der Waals surface area contributed by atoms with Crippen LogP contribution in [0, 0.1) is 0 Å². The van der Waals surface area contributed by atoms with Crippen LogP contribution in [0.1, 0.15) is 13.3 Å². The standard InChI is InChI=1S/C7H14O2/c1-3-4-5-9-7-6-8-2/h4-5H,3,6-7H2,1-2H3. The third kappa shape index (κ3) is 7.50. The Morgan fingerprint density at radius 2 is 2.11 bits per heavy atom. The first kappa shape index (κ1) is 8.50. The highest BCUT2D eigenvalue weighted by Crippen LogP contribution is 1.81. The minimum Gasteiger partial charge on any atom is -0.499 e. The second-order valence-corrected chi connectivity index (χ2v) is 1.64. The van der Waals surface area contributed by atoms with Gasteiger partial charge < -0.3 is 9.47 Å². The van der Waals surface area contributed by atoms with Gasteiger partial charge in [0.25, 0.3) is 0 Å². The van der Waals surface area contributed by atoms with Gasteiger partial charge in [0, 0.05) is 7.11 Å². The minimum atomic E-state index is 0.646. The van der Waals surface area contributed by atoms with E-state index in [-0.39, 0.29) is 0 Å². The molecule has 0 atom stereocenters. The summed E-state index contributed by atoms with van der Waals surface area (Å²) >= 11 is 0. The van der Waals surface area contributed by atoms with E-state index in [1.807, 2.05) is 6.08 Å². The highest BCUT2D eigenvalue weighted by atomic mass is 16.5. The number of ether oxygens (including phenoxy) is 2. The summed E-state index contributed by atoms with van der Waals surface area (Å²) in [6, 6.07) is 0. The average Bonchev–Trinajstić information content (AvgIpc) is 1.89. The van der Waals surface area contributed by atoms with Gasteiger partial charge in [0.15, 0.2) is 0 Å². The van der Waals surface area contributed by atoms with Gasteiger partial charge in [-0.05, 0) is 6.42 Å². The van der Waals surface area contributed by atoms with Crippen LogP contribution in [0.2, 0.25) is 0 Å². The lowest BCUT2D eigenvalue weighted by Gasteiger charge is -1.96. The van der Waals surface area contributed by atoms with Crippen molar-refractivity contribution < 1.29 is 9.47 Å². The first-order valence-electron chi connectivity index (χ1n) is 3.17. The van der Waals surface area contributed by atoms with Crippen molar-refractivity contribution >= 4 is 0 Å². The van der Waals surface area contributed by atoms with Crippen molar-refractivity contribution in [2.24, 2.45) is 0 Å². The van der Waals surface area contributed by atoms with Gasteiger partial charge in [0.05, 0.1) is 12.9 Å². The summed E-state index contributed by atoms with van der Waals surface area (Å²) < 4.78 is 9.77. The Kier molecular flexibility index (Phi) is 7.08. The predicted molar refractivity (Wildman–Crippen MR) is 37.3 cm³/mol. The third-order valence-electron chi connectivity index (χ3n) is 0.833. The highest BCUT2D eigenvalue weighted by Gasteiger charge is 1.77. The van der Waals surface area contributed by atoms with Crippen LogP contribution in [0.5, 0.6) is 0 Å². The summed E-state index contributed by atoms with van der Waals surface area (Å²) in [5, 5.41) is 0. The molecule has 0 aromatic carbocycles. The number of allylic oxidation sites excluding steroid dienone is 1. The lowest BCUT2D eigenvalue weighted by atomic mass is 10.5. The SMILES string of the molecule is CCC=COCCOC.